The number of hydrogen-bond acceptors (Lipinski definition) is 6. The highest BCUT2D eigenvalue weighted by Gasteiger charge is 2.33. The van der Waals surface area contributed by atoms with E-state index in [9.17, 15) is 18.0 Å². The van der Waals surface area contributed by atoms with Crippen LogP contribution in [0.5, 0.6) is 0 Å². The van der Waals surface area contributed by atoms with E-state index in [1.54, 1.807) is 30.6 Å². The first kappa shape index (κ1) is 19.5. The first-order chi connectivity index (χ1) is 13.1. The van der Waals surface area contributed by atoms with Crippen LogP contribution in [-0.4, -0.2) is 44.1 Å². The molecule has 3 rings (SSSR count). The molecule has 0 atom stereocenters. The molecule has 0 saturated carbocycles. The molecule has 0 unspecified atom stereocenters. The van der Waals surface area contributed by atoms with Crippen molar-refractivity contribution in [2.45, 2.75) is 25.6 Å². The fourth-order valence-electron chi connectivity index (χ4n) is 2.45. The van der Waals surface area contributed by atoms with Gasteiger partial charge in [0, 0.05) is 27.0 Å². The molecule has 10 heteroatoms. The Labute approximate surface area is 161 Å². The second-order valence-corrected chi connectivity index (χ2v) is 6.57. The zero-order chi connectivity index (χ0) is 20.4. The van der Waals surface area contributed by atoms with E-state index in [4.69, 9.17) is 0 Å². The molecule has 2 N–H and O–H groups in total. The maximum absolute atomic E-state index is 12.3. The zero-order valence-electron chi connectivity index (χ0n) is 15.1. The van der Waals surface area contributed by atoms with E-state index >= 15 is 0 Å². The lowest BCUT2D eigenvalue weighted by molar-refractivity contribution is -0.140. The molecule has 1 aromatic carbocycles. The predicted molar refractivity (Wildman–Crippen MR) is 102 cm³/mol. The summed E-state index contributed by atoms with van der Waals surface area (Å²) in [6, 6.07) is 6.89. The molecular weight excluding hydrogens is 373 g/mol. The molecule has 28 heavy (non-hydrogen) atoms. The van der Waals surface area contributed by atoms with Crippen LogP contribution in [0.4, 0.5) is 19.0 Å². The minimum absolute atomic E-state index is 0. The topological polar surface area (TPSA) is 92.7 Å². The summed E-state index contributed by atoms with van der Waals surface area (Å²) in [5.74, 6) is -0.119. The number of hydrogen-bond donors (Lipinski definition) is 2. The van der Waals surface area contributed by atoms with Gasteiger partial charge in [-0.25, -0.2) is 9.97 Å². The van der Waals surface area contributed by atoms with Gasteiger partial charge in [-0.3, -0.25) is 14.8 Å². The van der Waals surface area contributed by atoms with E-state index in [2.05, 4.69) is 25.3 Å². The second-order valence-electron chi connectivity index (χ2n) is 6.57. The van der Waals surface area contributed by atoms with Crippen molar-refractivity contribution in [3.63, 3.8) is 0 Å². The van der Waals surface area contributed by atoms with Gasteiger partial charge in [-0.05, 0) is 38.1 Å². The first-order valence-electron chi connectivity index (χ1n) is 8.31. The monoisotopic (exact) mass is 394 g/mol. The first-order valence-corrected chi connectivity index (χ1v) is 8.31. The van der Waals surface area contributed by atoms with Gasteiger partial charge >= 0.3 is 6.18 Å². The highest BCUT2D eigenvalue weighted by atomic mass is 19.4. The van der Waals surface area contributed by atoms with Gasteiger partial charge in [-0.1, -0.05) is 0 Å². The van der Waals surface area contributed by atoms with Gasteiger partial charge in [-0.2, -0.15) is 13.2 Å². The SMILES string of the molecule is CC(C)(Nc1ccnc(-c2ccc3nccnc3c2)n1)C(=O)NCC(F)(F)F.[HH].[HH]. The third-order valence-corrected chi connectivity index (χ3v) is 3.84. The Balaban J connectivity index is 0.00000225. The number of alkyl halides is 3. The summed E-state index contributed by atoms with van der Waals surface area (Å²) in [7, 11) is 0. The third kappa shape index (κ3) is 4.70. The van der Waals surface area contributed by atoms with Gasteiger partial charge in [0.2, 0.25) is 5.91 Å². The predicted octanol–water partition coefficient (Wildman–Crippen LogP) is 3.45. The molecule has 0 radical (unpaired) electrons. The number of anilines is 1. The average molecular weight is 394 g/mol. The van der Waals surface area contributed by atoms with Gasteiger partial charge in [0.25, 0.3) is 0 Å². The molecule has 1 amide bonds. The Bertz CT molecular complexity index is 1020. The van der Waals surface area contributed by atoms with Crippen LogP contribution in [0.3, 0.4) is 0 Å². The summed E-state index contributed by atoms with van der Waals surface area (Å²) in [5, 5.41) is 4.71. The van der Waals surface area contributed by atoms with E-state index in [-0.39, 0.29) is 2.85 Å². The highest BCUT2D eigenvalue weighted by molar-refractivity contribution is 5.88. The molecule has 2 aromatic heterocycles. The number of aromatic nitrogens is 4. The quantitative estimate of drug-likeness (QED) is 0.689. The molecule has 0 fully saturated rings. The van der Waals surface area contributed by atoms with Crippen molar-refractivity contribution in [1.29, 1.82) is 0 Å². The molecular formula is C18H21F3N6O. The summed E-state index contributed by atoms with van der Waals surface area (Å²) in [4.78, 5) is 29.1. The Kier molecular flexibility index (Phi) is 5.12. The molecule has 0 spiro atoms. The van der Waals surface area contributed by atoms with Crippen molar-refractivity contribution in [1.82, 2.24) is 25.3 Å². The minimum atomic E-state index is -4.48. The van der Waals surface area contributed by atoms with E-state index in [0.29, 0.717) is 22.7 Å². The Morgan fingerprint density at radius 2 is 1.75 bits per heavy atom. The van der Waals surface area contributed by atoms with Gasteiger partial charge in [0.05, 0.1) is 11.0 Å². The van der Waals surface area contributed by atoms with Crippen LogP contribution in [-0.2, 0) is 4.79 Å². The molecule has 0 bridgehead atoms. The lowest BCUT2D eigenvalue weighted by atomic mass is 10.0. The number of nitrogens with zero attached hydrogens (tertiary/aromatic N) is 4. The number of halogens is 3. The lowest BCUT2D eigenvalue weighted by Gasteiger charge is -2.26. The molecule has 0 aliphatic carbocycles. The Morgan fingerprint density at radius 1 is 1.04 bits per heavy atom. The molecule has 0 saturated heterocycles. The van der Waals surface area contributed by atoms with Crippen molar-refractivity contribution < 1.29 is 20.8 Å². The fourth-order valence-corrected chi connectivity index (χ4v) is 2.45. The van der Waals surface area contributed by atoms with Crippen molar-refractivity contribution in [2.24, 2.45) is 0 Å². The zero-order valence-corrected chi connectivity index (χ0v) is 15.1. The van der Waals surface area contributed by atoms with Crippen LogP contribution in [0, 0.1) is 0 Å². The smallest absolute Gasteiger partial charge is 0.356 e. The van der Waals surface area contributed by atoms with E-state index in [1.807, 2.05) is 5.32 Å². The van der Waals surface area contributed by atoms with Crippen molar-refractivity contribution in [3.05, 3.63) is 42.9 Å². The average Bonchev–Trinajstić information content (AvgIpc) is 2.65. The van der Waals surface area contributed by atoms with E-state index in [0.717, 1.165) is 5.52 Å². The number of fused-ring (bicyclic) bond motifs is 1. The maximum atomic E-state index is 12.3. The van der Waals surface area contributed by atoms with Crippen LogP contribution in [0.2, 0.25) is 0 Å². The number of nitrogens with one attached hydrogen (secondary N) is 2. The van der Waals surface area contributed by atoms with Crippen molar-refractivity contribution in [2.75, 3.05) is 11.9 Å². The number of carbonyl (C=O) groups is 1. The summed E-state index contributed by atoms with van der Waals surface area (Å²) in [6.45, 7) is 1.53. The summed E-state index contributed by atoms with van der Waals surface area (Å²) >= 11 is 0. The van der Waals surface area contributed by atoms with Gasteiger partial charge in [0.15, 0.2) is 5.82 Å². The van der Waals surface area contributed by atoms with E-state index in [1.165, 1.54) is 26.1 Å². The normalized spacial score (nSPS) is 12.0. The number of benzene rings is 1. The molecule has 0 aliphatic rings. The second kappa shape index (κ2) is 7.37. The van der Waals surface area contributed by atoms with Crippen LogP contribution in [0.25, 0.3) is 22.4 Å². The summed E-state index contributed by atoms with van der Waals surface area (Å²) in [6.07, 6.45) is 0.185. The van der Waals surface area contributed by atoms with Gasteiger partial charge in [0.1, 0.15) is 17.9 Å². The maximum Gasteiger partial charge on any atom is 0.405 e. The number of amides is 1. The van der Waals surface area contributed by atoms with Crippen LogP contribution in [0.1, 0.15) is 16.7 Å². The largest absolute Gasteiger partial charge is 0.405 e. The van der Waals surface area contributed by atoms with Crippen LogP contribution in [0.15, 0.2) is 42.9 Å². The molecule has 2 heterocycles. The van der Waals surface area contributed by atoms with Crippen molar-refractivity contribution in [3.8, 4) is 11.4 Å². The third-order valence-electron chi connectivity index (χ3n) is 3.84. The highest BCUT2D eigenvalue weighted by Crippen LogP contribution is 2.22. The molecule has 7 nitrogen and oxygen atoms in total. The van der Waals surface area contributed by atoms with Crippen LogP contribution >= 0.6 is 0 Å². The number of carbonyl (C=O) groups excluding carboxylic acids is 1. The Morgan fingerprint density at radius 3 is 2.46 bits per heavy atom. The minimum Gasteiger partial charge on any atom is -0.356 e. The van der Waals surface area contributed by atoms with Crippen LogP contribution < -0.4 is 10.6 Å². The molecule has 150 valence electrons. The van der Waals surface area contributed by atoms with Gasteiger partial charge in [-0.15, -0.1) is 0 Å². The summed E-state index contributed by atoms with van der Waals surface area (Å²) < 4.78 is 37.0. The standard InChI is InChI=1S/C18H17F3N6O.2H2/c1-17(2,16(28)25-10-18(19,20)21)27-14-5-6-24-15(26-14)11-3-4-12-13(9-11)23-8-7-22-12;;/h3-9H,10H2,1-2H3,(H,25,28)(H,24,26,27);2*1H. The molecule has 3 aromatic rings. The number of rotatable bonds is 5. The van der Waals surface area contributed by atoms with Gasteiger partial charge < -0.3 is 10.6 Å². The van der Waals surface area contributed by atoms with Crippen molar-refractivity contribution >= 4 is 22.8 Å². The molecule has 0 aliphatic heterocycles. The fraction of sp³-hybridized carbons (Fsp3) is 0.278. The van der Waals surface area contributed by atoms with E-state index < -0.39 is 24.2 Å². The lowest BCUT2D eigenvalue weighted by Crippen LogP contribution is -2.50. The Hall–Kier alpha value is -3.30. The summed E-state index contributed by atoms with van der Waals surface area (Å²) in [5.41, 5.74) is 0.777.